The first kappa shape index (κ1) is 11.1. The van der Waals surface area contributed by atoms with E-state index in [0.717, 1.165) is 15.7 Å². The van der Waals surface area contributed by atoms with E-state index >= 15 is 0 Å². The molecular formula is C12H10BrFN2. The van der Waals surface area contributed by atoms with Crippen LogP contribution in [0.2, 0.25) is 0 Å². The molecule has 0 saturated heterocycles. The number of hydrogen-bond acceptors (Lipinski definition) is 2. The quantitative estimate of drug-likeness (QED) is 0.929. The van der Waals surface area contributed by atoms with Crippen LogP contribution in [-0.2, 0) is 6.54 Å². The number of anilines is 1. The van der Waals surface area contributed by atoms with E-state index in [-0.39, 0.29) is 5.82 Å². The van der Waals surface area contributed by atoms with Crippen LogP contribution in [0.5, 0.6) is 0 Å². The Morgan fingerprint density at radius 1 is 1.19 bits per heavy atom. The smallest absolute Gasteiger partial charge is 0.125 e. The van der Waals surface area contributed by atoms with Crippen molar-refractivity contribution in [2.24, 2.45) is 0 Å². The lowest BCUT2D eigenvalue weighted by atomic mass is 10.2. The summed E-state index contributed by atoms with van der Waals surface area (Å²) < 4.78 is 13.9. The van der Waals surface area contributed by atoms with E-state index in [2.05, 4.69) is 26.2 Å². The Morgan fingerprint density at radius 3 is 2.69 bits per heavy atom. The summed E-state index contributed by atoms with van der Waals surface area (Å²) in [5.74, 6) is -0.250. The van der Waals surface area contributed by atoms with E-state index in [1.54, 1.807) is 18.5 Å². The van der Waals surface area contributed by atoms with Crippen LogP contribution in [0.3, 0.4) is 0 Å². The molecule has 0 saturated carbocycles. The molecule has 1 heterocycles. The molecule has 0 atom stereocenters. The Hall–Kier alpha value is -1.42. The van der Waals surface area contributed by atoms with Crippen molar-refractivity contribution in [1.29, 1.82) is 0 Å². The van der Waals surface area contributed by atoms with Crippen LogP contribution in [0.1, 0.15) is 5.56 Å². The average Bonchev–Trinajstić information content (AvgIpc) is 2.32. The molecular weight excluding hydrogens is 271 g/mol. The highest BCUT2D eigenvalue weighted by molar-refractivity contribution is 9.10. The lowest BCUT2D eigenvalue weighted by Gasteiger charge is -2.08. The third-order valence-corrected chi connectivity index (χ3v) is 2.85. The molecule has 0 amide bonds. The number of nitrogens with one attached hydrogen (secondary N) is 1. The van der Waals surface area contributed by atoms with Gasteiger partial charge in [0.25, 0.3) is 0 Å². The largest absolute Gasteiger partial charge is 0.380 e. The second-order valence-corrected chi connectivity index (χ2v) is 4.19. The first-order chi connectivity index (χ1) is 7.75. The topological polar surface area (TPSA) is 24.9 Å². The second-order valence-electron chi connectivity index (χ2n) is 3.33. The van der Waals surface area contributed by atoms with Crippen molar-refractivity contribution < 1.29 is 4.39 Å². The van der Waals surface area contributed by atoms with Crippen molar-refractivity contribution in [3.8, 4) is 0 Å². The number of aromatic nitrogens is 1. The molecule has 0 aliphatic rings. The van der Waals surface area contributed by atoms with Gasteiger partial charge in [0, 0.05) is 23.4 Å². The number of hydrogen-bond donors (Lipinski definition) is 1. The first-order valence-corrected chi connectivity index (χ1v) is 5.63. The maximum Gasteiger partial charge on any atom is 0.125 e. The highest BCUT2D eigenvalue weighted by Gasteiger charge is 2.01. The summed E-state index contributed by atoms with van der Waals surface area (Å²) in [6.07, 6.45) is 3.47. The molecule has 16 heavy (non-hydrogen) atoms. The summed E-state index contributed by atoms with van der Waals surface area (Å²) in [5.41, 5.74) is 1.85. The number of nitrogens with zero attached hydrogens (tertiary/aromatic N) is 1. The molecule has 1 aromatic heterocycles. The van der Waals surface area contributed by atoms with Gasteiger partial charge in [0.15, 0.2) is 0 Å². The third-order valence-electron chi connectivity index (χ3n) is 2.16. The fraction of sp³-hybridized carbons (Fsp3) is 0.0833. The second kappa shape index (κ2) is 5.07. The summed E-state index contributed by atoms with van der Waals surface area (Å²) in [5, 5.41) is 3.16. The van der Waals surface area contributed by atoms with Crippen LogP contribution in [0.15, 0.2) is 47.2 Å². The molecule has 1 N–H and O–H groups in total. The Morgan fingerprint density at radius 2 is 1.94 bits per heavy atom. The van der Waals surface area contributed by atoms with Crippen molar-refractivity contribution in [3.63, 3.8) is 0 Å². The van der Waals surface area contributed by atoms with Crippen molar-refractivity contribution in [2.75, 3.05) is 5.32 Å². The lowest BCUT2D eigenvalue weighted by molar-refractivity contribution is 0.628. The SMILES string of the molecule is Fc1ccc(Br)c(NCc2ccncc2)c1. The van der Waals surface area contributed by atoms with Crippen LogP contribution in [-0.4, -0.2) is 4.98 Å². The van der Waals surface area contributed by atoms with Gasteiger partial charge in [-0.25, -0.2) is 4.39 Å². The van der Waals surface area contributed by atoms with Gasteiger partial charge in [-0.2, -0.15) is 0 Å². The maximum atomic E-state index is 13.0. The van der Waals surface area contributed by atoms with Crippen molar-refractivity contribution in [1.82, 2.24) is 4.98 Å². The molecule has 2 nitrogen and oxygen atoms in total. The van der Waals surface area contributed by atoms with Gasteiger partial charge in [0.2, 0.25) is 0 Å². The van der Waals surface area contributed by atoms with Gasteiger partial charge in [-0.3, -0.25) is 4.98 Å². The summed E-state index contributed by atoms with van der Waals surface area (Å²) in [7, 11) is 0. The van der Waals surface area contributed by atoms with Crippen LogP contribution < -0.4 is 5.32 Å². The van der Waals surface area contributed by atoms with Gasteiger partial charge in [0.1, 0.15) is 5.82 Å². The average molecular weight is 281 g/mol. The lowest BCUT2D eigenvalue weighted by Crippen LogP contribution is -2.00. The summed E-state index contributed by atoms with van der Waals surface area (Å²) in [4.78, 5) is 3.94. The van der Waals surface area contributed by atoms with Crippen molar-refractivity contribution in [3.05, 3.63) is 58.6 Å². The summed E-state index contributed by atoms with van der Waals surface area (Å²) in [6, 6.07) is 8.40. The molecule has 0 aliphatic carbocycles. The van der Waals surface area contributed by atoms with Gasteiger partial charge < -0.3 is 5.32 Å². The number of halogens is 2. The zero-order valence-corrected chi connectivity index (χ0v) is 10.0. The minimum atomic E-state index is -0.250. The Balaban J connectivity index is 2.08. The highest BCUT2D eigenvalue weighted by Crippen LogP contribution is 2.23. The van der Waals surface area contributed by atoms with E-state index in [0.29, 0.717) is 6.54 Å². The van der Waals surface area contributed by atoms with Crippen LogP contribution in [0.4, 0.5) is 10.1 Å². The molecule has 0 aliphatic heterocycles. The number of rotatable bonds is 3. The van der Waals surface area contributed by atoms with Crippen LogP contribution in [0, 0.1) is 5.82 Å². The molecule has 0 spiro atoms. The molecule has 2 aromatic rings. The predicted molar refractivity (Wildman–Crippen MR) is 65.7 cm³/mol. The molecule has 2 rings (SSSR count). The normalized spacial score (nSPS) is 10.1. The summed E-state index contributed by atoms with van der Waals surface area (Å²) in [6.45, 7) is 0.643. The monoisotopic (exact) mass is 280 g/mol. The van der Waals surface area contributed by atoms with E-state index in [4.69, 9.17) is 0 Å². The van der Waals surface area contributed by atoms with Crippen LogP contribution in [0.25, 0.3) is 0 Å². The van der Waals surface area contributed by atoms with Crippen molar-refractivity contribution in [2.45, 2.75) is 6.54 Å². The van der Waals surface area contributed by atoms with E-state index in [1.165, 1.54) is 12.1 Å². The minimum absolute atomic E-state index is 0.250. The molecule has 1 aromatic carbocycles. The van der Waals surface area contributed by atoms with Crippen molar-refractivity contribution >= 4 is 21.6 Å². The zero-order valence-electron chi connectivity index (χ0n) is 8.45. The molecule has 0 unspecified atom stereocenters. The molecule has 4 heteroatoms. The van der Waals surface area contributed by atoms with Gasteiger partial charge in [0.05, 0.1) is 5.69 Å². The van der Waals surface area contributed by atoms with Gasteiger partial charge >= 0.3 is 0 Å². The molecule has 0 radical (unpaired) electrons. The molecule has 0 bridgehead atoms. The van der Waals surface area contributed by atoms with Gasteiger partial charge in [-0.15, -0.1) is 0 Å². The number of benzene rings is 1. The number of pyridine rings is 1. The van der Waals surface area contributed by atoms with Gasteiger partial charge in [-0.1, -0.05) is 0 Å². The predicted octanol–water partition coefficient (Wildman–Crippen LogP) is 3.60. The van der Waals surface area contributed by atoms with E-state index in [9.17, 15) is 4.39 Å². The minimum Gasteiger partial charge on any atom is -0.380 e. The van der Waals surface area contributed by atoms with E-state index in [1.807, 2.05) is 12.1 Å². The third kappa shape index (κ3) is 2.79. The Kier molecular flexibility index (Phi) is 3.51. The molecule has 0 fully saturated rings. The van der Waals surface area contributed by atoms with E-state index < -0.39 is 0 Å². The summed E-state index contributed by atoms with van der Waals surface area (Å²) >= 11 is 3.36. The molecule has 82 valence electrons. The Bertz CT molecular complexity index is 474. The zero-order chi connectivity index (χ0) is 11.4. The standard InChI is InChI=1S/C12H10BrFN2/c13-11-2-1-10(14)7-12(11)16-8-9-3-5-15-6-4-9/h1-7,16H,8H2. The Labute approximate surface area is 102 Å². The fourth-order valence-corrected chi connectivity index (χ4v) is 1.72. The first-order valence-electron chi connectivity index (χ1n) is 4.83. The van der Waals surface area contributed by atoms with Crippen LogP contribution >= 0.6 is 15.9 Å². The van der Waals surface area contributed by atoms with Gasteiger partial charge in [-0.05, 0) is 51.8 Å². The highest BCUT2D eigenvalue weighted by atomic mass is 79.9. The fourth-order valence-electron chi connectivity index (χ4n) is 1.33. The maximum absolute atomic E-state index is 13.0.